The molecule has 0 radical (unpaired) electrons. The Bertz CT molecular complexity index is 740. The summed E-state index contributed by atoms with van der Waals surface area (Å²) in [5, 5.41) is 6.29. The lowest BCUT2D eigenvalue weighted by Gasteiger charge is -2.34. The lowest BCUT2D eigenvalue weighted by Crippen LogP contribution is -2.51. The maximum absolute atomic E-state index is 12.8. The normalized spacial score (nSPS) is 16.1. The van der Waals surface area contributed by atoms with Gasteiger partial charge in [-0.3, -0.25) is 4.79 Å². The van der Waals surface area contributed by atoms with E-state index in [4.69, 9.17) is 9.47 Å². The molecule has 2 aromatic rings. The predicted molar refractivity (Wildman–Crippen MR) is 102 cm³/mol. The molecule has 5 nitrogen and oxygen atoms in total. The number of anilines is 1. The Balaban J connectivity index is 1.64. The Hall–Kier alpha value is -2.37. The average Bonchev–Trinajstić information content (AvgIpc) is 2.69. The zero-order valence-corrected chi connectivity index (χ0v) is 15.4. The van der Waals surface area contributed by atoms with Crippen LogP contribution in [0.1, 0.15) is 24.0 Å². The monoisotopic (exact) mass is 354 g/mol. The van der Waals surface area contributed by atoms with Gasteiger partial charge in [-0.2, -0.15) is 0 Å². The average molecular weight is 354 g/mol. The van der Waals surface area contributed by atoms with Crippen molar-refractivity contribution in [2.45, 2.75) is 32.0 Å². The first-order valence-corrected chi connectivity index (χ1v) is 8.98. The third-order valence-corrected chi connectivity index (χ3v) is 4.91. The van der Waals surface area contributed by atoms with Gasteiger partial charge in [0, 0.05) is 12.8 Å². The Kier molecular flexibility index (Phi) is 5.91. The van der Waals surface area contributed by atoms with Gasteiger partial charge >= 0.3 is 0 Å². The minimum Gasteiger partial charge on any atom is -0.489 e. The second-order valence-electron chi connectivity index (χ2n) is 6.65. The van der Waals surface area contributed by atoms with Crippen LogP contribution in [-0.2, 0) is 16.1 Å². The maximum Gasteiger partial charge on any atom is 0.256 e. The Morgan fingerprint density at radius 2 is 1.88 bits per heavy atom. The van der Waals surface area contributed by atoms with E-state index in [-0.39, 0.29) is 5.91 Å². The number of nitrogens with one attached hydrogen (secondary N) is 2. The van der Waals surface area contributed by atoms with Crippen LogP contribution in [0.2, 0.25) is 0 Å². The summed E-state index contributed by atoms with van der Waals surface area (Å²) in [5.41, 5.74) is 2.12. The lowest BCUT2D eigenvalue weighted by molar-refractivity contribution is -0.140. The summed E-state index contributed by atoms with van der Waals surface area (Å²) in [7, 11) is 1.61. The van der Waals surface area contributed by atoms with E-state index in [1.807, 2.05) is 55.5 Å². The van der Waals surface area contributed by atoms with Crippen LogP contribution in [0.25, 0.3) is 0 Å². The van der Waals surface area contributed by atoms with Gasteiger partial charge in [-0.25, -0.2) is 0 Å². The Morgan fingerprint density at radius 1 is 1.15 bits per heavy atom. The number of aryl methyl sites for hydroxylation is 1. The van der Waals surface area contributed by atoms with Gasteiger partial charge in [-0.05, 0) is 62.2 Å². The van der Waals surface area contributed by atoms with Crippen molar-refractivity contribution in [1.29, 1.82) is 0 Å². The van der Waals surface area contributed by atoms with Gasteiger partial charge in [0.15, 0.2) is 0 Å². The quantitative estimate of drug-likeness (QED) is 0.836. The first-order valence-electron chi connectivity index (χ1n) is 8.98. The van der Waals surface area contributed by atoms with Gasteiger partial charge in [0.25, 0.3) is 5.91 Å². The van der Waals surface area contributed by atoms with Gasteiger partial charge in [-0.1, -0.05) is 30.3 Å². The summed E-state index contributed by atoms with van der Waals surface area (Å²) in [6.07, 6.45) is 1.35. The molecule has 0 aliphatic carbocycles. The molecule has 1 heterocycles. The van der Waals surface area contributed by atoms with Crippen molar-refractivity contribution in [3.8, 4) is 5.75 Å². The molecular weight excluding hydrogens is 328 g/mol. The first-order chi connectivity index (χ1) is 12.6. The number of rotatable bonds is 6. The van der Waals surface area contributed by atoms with E-state index < -0.39 is 5.60 Å². The van der Waals surface area contributed by atoms with Gasteiger partial charge in [0.05, 0.1) is 0 Å². The first kappa shape index (κ1) is 18.4. The number of hydrogen-bond donors (Lipinski definition) is 2. The molecule has 1 aliphatic rings. The molecule has 2 aromatic carbocycles. The molecular formula is C21H26N2O3. The third-order valence-electron chi connectivity index (χ3n) is 4.91. The maximum atomic E-state index is 12.8. The van der Waals surface area contributed by atoms with Crippen molar-refractivity contribution in [2.24, 2.45) is 0 Å². The van der Waals surface area contributed by atoms with Gasteiger partial charge in [-0.15, -0.1) is 0 Å². The van der Waals surface area contributed by atoms with Crippen LogP contribution < -0.4 is 15.4 Å². The molecule has 2 N–H and O–H groups in total. The van der Waals surface area contributed by atoms with E-state index >= 15 is 0 Å². The summed E-state index contributed by atoms with van der Waals surface area (Å²) in [6, 6.07) is 15.8. The van der Waals surface area contributed by atoms with Crippen LogP contribution in [0.15, 0.2) is 48.5 Å². The van der Waals surface area contributed by atoms with E-state index in [0.29, 0.717) is 19.4 Å². The highest BCUT2D eigenvalue weighted by Gasteiger charge is 2.39. The van der Waals surface area contributed by atoms with Crippen molar-refractivity contribution in [1.82, 2.24) is 5.32 Å². The molecule has 5 heteroatoms. The van der Waals surface area contributed by atoms with E-state index in [1.54, 1.807) is 7.11 Å². The number of ether oxygens (including phenoxy) is 2. The highest BCUT2D eigenvalue weighted by Crippen LogP contribution is 2.27. The van der Waals surface area contributed by atoms with Crippen LogP contribution in [0, 0.1) is 6.92 Å². The third kappa shape index (κ3) is 4.23. The van der Waals surface area contributed by atoms with Crippen molar-refractivity contribution >= 4 is 11.6 Å². The molecule has 0 spiro atoms. The minimum absolute atomic E-state index is 0.0810. The second kappa shape index (κ2) is 8.34. The van der Waals surface area contributed by atoms with E-state index in [1.165, 1.54) is 0 Å². The summed E-state index contributed by atoms with van der Waals surface area (Å²) in [6.45, 7) is 4.05. The van der Waals surface area contributed by atoms with Crippen molar-refractivity contribution in [2.75, 3.05) is 25.5 Å². The summed E-state index contributed by atoms with van der Waals surface area (Å²) >= 11 is 0. The molecule has 3 rings (SSSR count). The van der Waals surface area contributed by atoms with E-state index in [9.17, 15) is 4.79 Å². The number of benzene rings is 2. The molecule has 0 bridgehead atoms. The molecule has 26 heavy (non-hydrogen) atoms. The number of carbonyl (C=O) groups excluding carboxylic acids is 1. The largest absolute Gasteiger partial charge is 0.489 e. The zero-order valence-electron chi connectivity index (χ0n) is 15.4. The number of carbonyl (C=O) groups is 1. The Labute approximate surface area is 154 Å². The molecule has 0 unspecified atom stereocenters. The summed E-state index contributed by atoms with van der Waals surface area (Å²) in [4.78, 5) is 12.8. The minimum atomic E-state index is -0.750. The fraction of sp³-hybridized carbons (Fsp3) is 0.381. The summed E-state index contributed by atoms with van der Waals surface area (Å²) < 4.78 is 11.4. The highest BCUT2D eigenvalue weighted by molar-refractivity contribution is 5.98. The molecule has 0 saturated carbocycles. The zero-order chi connectivity index (χ0) is 18.4. The molecule has 1 aliphatic heterocycles. The van der Waals surface area contributed by atoms with E-state index in [2.05, 4.69) is 10.6 Å². The summed E-state index contributed by atoms with van der Waals surface area (Å²) in [5.74, 6) is 0.704. The van der Waals surface area contributed by atoms with Gasteiger partial charge < -0.3 is 20.1 Å². The van der Waals surface area contributed by atoms with Crippen molar-refractivity contribution in [3.63, 3.8) is 0 Å². The predicted octanol–water partition coefficient (Wildman–Crippen LogP) is 3.28. The Morgan fingerprint density at radius 3 is 2.54 bits per heavy atom. The number of methoxy groups -OCH3 is 1. The smallest absolute Gasteiger partial charge is 0.256 e. The highest BCUT2D eigenvalue weighted by atomic mass is 16.5. The SMILES string of the molecule is COC1(C(=O)Nc2ccc(OCc3ccccc3)cc2C)CCNCC1. The van der Waals surface area contributed by atoms with Crippen LogP contribution in [-0.4, -0.2) is 31.7 Å². The molecule has 0 atom stereocenters. The van der Waals surface area contributed by atoms with Gasteiger partial charge in [0.1, 0.15) is 18.0 Å². The molecule has 0 aromatic heterocycles. The van der Waals surface area contributed by atoms with Crippen LogP contribution in [0.3, 0.4) is 0 Å². The topological polar surface area (TPSA) is 59.6 Å². The van der Waals surface area contributed by atoms with Crippen molar-refractivity contribution < 1.29 is 14.3 Å². The molecule has 1 fully saturated rings. The van der Waals surface area contributed by atoms with Crippen LogP contribution in [0.5, 0.6) is 5.75 Å². The van der Waals surface area contributed by atoms with Crippen LogP contribution in [0.4, 0.5) is 5.69 Å². The number of hydrogen-bond acceptors (Lipinski definition) is 4. The number of amides is 1. The van der Waals surface area contributed by atoms with Crippen LogP contribution >= 0.6 is 0 Å². The second-order valence-corrected chi connectivity index (χ2v) is 6.65. The van der Waals surface area contributed by atoms with Gasteiger partial charge in [0.2, 0.25) is 0 Å². The number of piperidine rings is 1. The standard InChI is InChI=1S/C21H26N2O3/c1-16-14-18(26-15-17-6-4-3-5-7-17)8-9-19(16)23-20(24)21(25-2)10-12-22-13-11-21/h3-9,14,22H,10-13,15H2,1-2H3,(H,23,24). The molecule has 1 amide bonds. The fourth-order valence-electron chi connectivity index (χ4n) is 3.20. The fourth-order valence-corrected chi connectivity index (χ4v) is 3.20. The molecule has 138 valence electrons. The molecule has 1 saturated heterocycles. The lowest BCUT2D eigenvalue weighted by atomic mass is 9.91. The van der Waals surface area contributed by atoms with E-state index in [0.717, 1.165) is 35.7 Å². The van der Waals surface area contributed by atoms with Crippen molar-refractivity contribution in [3.05, 3.63) is 59.7 Å².